The zero-order chi connectivity index (χ0) is 10.8. The Labute approximate surface area is 96.2 Å². The molecule has 0 bridgehead atoms. The van der Waals surface area contributed by atoms with Gasteiger partial charge in [-0.25, -0.2) is 0 Å². The van der Waals surface area contributed by atoms with Gasteiger partial charge >= 0.3 is 0 Å². The molecule has 0 spiro atoms. The molecule has 0 nitrogen and oxygen atoms in total. The third-order valence-electron chi connectivity index (χ3n) is 3.55. The Morgan fingerprint density at radius 3 is 2.00 bits per heavy atom. The van der Waals surface area contributed by atoms with Gasteiger partial charge in [0, 0.05) is 0 Å². The molecule has 15 heavy (non-hydrogen) atoms. The van der Waals surface area contributed by atoms with Crippen LogP contribution in [0.2, 0.25) is 0 Å². The van der Waals surface area contributed by atoms with Crippen molar-refractivity contribution in [2.45, 2.75) is 77.6 Å². The van der Waals surface area contributed by atoms with E-state index < -0.39 is 0 Å². The molecule has 0 saturated heterocycles. The fourth-order valence-corrected chi connectivity index (χ4v) is 2.43. The van der Waals surface area contributed by atoms with Gasteiger partial charge in [0.15, 0.2) is 0 Å². The highest BCUT2D eigenvalue weighted by atomic mass is 14.1. The van der Waals surface area contributed by atoms with Gasteiger partial charge in [0.2, 0.25) is 0 Å². The van der Waals surface area contributed by atoms with E-state index in [0.717, 1.165) is 5.92 Å². The molecule has 1 atom stereocenters. The van der Waals surface area contributed by atoms with E-state index in [1.165, 1.54) is 70.6 Å². The molecule has 1 aliphatic carbocycles. The summed E-state index contributed by atoms with van der Waals surface area (Å²) in [6.45, 7) is 2.43. The van der Waals surface area contributed by atoms with Crippen LogP contribution in [0.15, 0.2) is 12.2 Å². The van der Waals surface area contributed by atoms with Crippen molar-refractivity contribution in [2.75, 3.05) is 0 Å². The summed E-state index contributed by atoms with van der Waals surface area (Å²) in [5.74, 6) is 0.960. The molecular weight excluding hydrogens is 180 g/mol. The van der Waals surface area contributed by atoms with Gasteiger partial charge in [0.1, 0.15) is 0 Å². The Morgan fingerprint density at radius 1 is 0.667 bits per heavy atom. The van der Waals surface area contributed by atoms with Gasteiger partial charge in [-0.05, 0) is 31.6 Å². The quantitative estimate of drug-likeness (QED) is 0.462. The summed E-state index contributed by atoms with van der Waals surface area (Å²) in [5, 5.41) is 0. The summed E-state index contributed by atoms with van der Waals surface area (Å²) in [6.07, 6.45) is 20.4. The summed E-state index contributed by atoms with van der Waals surface area (Å²) >= 11 is 0. The minimum Gasteiger partial charge on any atom is -0.0885 e. The van der Waals surface area contributed by atoms with Crippen LogP contribution < -0.4 is 0 Å². The molecule has 88 valence electrons. The van der Waals surface area contributed by atoms with E-state index in [1.807, 2.05) is 0 Å². The molecule has 0 fully saturated rings. The van der Waals surface area contributed by atoms with Crippen molar-refractivity contribution in [2.24, 2.45) is 5.92 Å². The summed E-state index contributed by atoms with van der Waals surface area (Å²) < 4.78 is 0. The van der Waals surface area contributed by atoms with Crippen LogP contribution >= 0.6 is 0 Å². The molecule has 0 heteroatoms. The zero-order valence-electron chi connectivity index (χ0n) is 10.5. The Morgan fingerprint density at radius 2 is 1.20 bits per heavy atom. The highest BCUT2D eigenvalue weighted by molar-refractivity contribution is 4.81. The smallest absolute Gasteiger partial charge is 0.0351 e. The largest absolute Gasteiger partial charge is 0.0885 e. The summed E-state index contributed by atoms with van der Waals surface area (Å²) in [5.41, 5.74) is 0. The second kappa shape index (κ2) is 9.00. The van der Waals surface area contributed by atoms with Crippen molar-refractivity contribution < 1.29 is 0 Å². The third-order valence-corrected chi connectivity index (χ3v) is 3.55. The first-order chi connectivity index (χ1) is 7.39. The number of rotatable bonds is 0. The van der Waals surface area contributed by atoms with E-state index in [4.69, 9.17) is 0 Å². The van der Waals surface area contributed by atoms with Gasteiger partial charge in [-0.15, -0.1) is 0 Å². The van der Waals surface area contributed by atoms with Crippen LogP contribution in [0.4, 0.5) is 0 Å². The normalized spacial score (nSPS) is 29.3. The highest BCUT2D eigenvalue weighted by Gasteiger charge is 2.01. The first kappa shape index (κ1) is 12.8. The minimum absolute atomic E-state index is 0.960. The average molecular weight is 208 g/mol. The van der Waals surface area contributed by atoms with Crippen LogP contribution in [0.1, 0.15) is 77.6 Å². The monoisotopic (exact) mass is 208 g/mol. The van der Waals surface area contributed by atoms with Crippen LogP contribution in [-0.4, -0.2) is 0 Å². The van der Waals surface area contributed by atoms with Gasteiger partial charge in [0.05, 0.1) is 0 Å². The van der Waals surface area contributed by atoms with E-state index in [0.29, 0.717) is 0 Å². The zero-order valence-corrected chi connectivity index (χ0v) is 10.5. The van der Waals surface area contributed by atoms with Crippen LogP contribution in [0.5, 0.6) is 0 Å². The van der Waals surface area contributed by atoms with Crippen molar-refractivity contribution in [3.8, 4) is 0 Å². The molecule has 0 saturated carbocycles. The average Bonchev–Trinajstić information content (AvgIpc) is 2.24. The van der Waals surface area contributed by atoms with Crippen LogP contribution in [0, 0.1) is 5.92 Å². The van der Waals surface area contributed by atoms with E-state index in [2.05, 4.69) is 19.1 Å². The second-order valence-electron chi connectivity index (χ2n) is 5.21. The van der Waals surface area contributed by atoms with Gasteiger partial charge < -0.3 is 0 Å². The molecule has 0 aromatic carbocycles. The maximum Gasteiger partial charge on any atom is -0.0351 e. The fourth-order valence-electron chi connectivity index (χ4n) is 2.43. The third kappa shape index (κ3) is 7.64. The summed E-state index contributed by atoms with van der Waals surface area (Å²) in [6, 6.07) is 0. The fraction of sp³-hybridized carbons (Fsp3) is 0.867. The molecule has 0 N–H and O–H groups in total. The molecule has 1 rings (SSSR count). The molecule has 0 aromatic heterocycles. The van der Waals surface area contributed by atoms with Crippen molar-refractivity contribution in [3.63, 3.8) is 0 Å². The predicted octanol–water partition coefficient (Wildman–Crippen LogP) is 5.48. The second-order valence-corrected chi connectivity index (χ2v) is 5.21. The summed E-state index contributed by atoms with van der Waals surface area (Å²) in [4.78, 5) is 0. The standard InChI is InChI=1S/C15H28/c1-15-13-11-9-7-5-3-2-4-6-8-10-12-14-15/h5,7,15H,2-4,6,8-14H2,1H3/b7-5-. The van der Waals surface area contributed by atoms with Crippen molar-refractivity contribution in [1.82, 2.24) is 0 Å². The Balaban J connectivity index is 2.18. The molecule has 0 heterocycles. The van der Waals surface area contributed by atoms with E-state index in [1.54, 1.807) is 0 Å². The van der Waals surface area contributed by atoms with Crippen LogP contribution in [0.3, 0.4) is 0 Å². The van der Waals surface area contributed by atoms with Crippen molar-refractivity contribution in [3.05, 3.63) is 12.2 Å². The Hall–Kier alpha value is -0.260. The predicted molar refractivity (Wildman–Crippen MR) is 69.1 cm³/mol. The minimum atomic E-state index is 0.960. The maximum absolute atomic E-state index is 2.43. The first-order valence-electron chi connectivity index (χ1n) is 7.04. The lowest BCUT2D eigenvalue weighted by molar-refractivity contribution is 0.444. The van der Waals surface area contributed by atoms with Gasteiger partial charge in [-0.3, -0.25) is 0 Å². The molecule has 0 aromatic rings. The topological polar surface area (TPSA) is 0 Å². The maximum atomic E-state index is 2.43. The highest BCUT2D eigenvalue weighted by Crippen LogP contribution is 2.18. The molecule has 1 aliphatic rings. The van der Waals surface area contributed by atoms with E-state index in [9.17, 15) is 0 Å². The number of hydrogen-bond donors (Lipinski definition) is 0. The lowest BCUT2D eigenvalue weighted by Gasteiger charge is -2.10. The lowest BCUT2D eigenvalue weighted by Crippen LogP contribution is -1.94. The van der Waals surface area contributed by atoms with Crippen molar-refractivity contribution in [1.29, 1.82) is 0 Å². The molecule has 0 amide bonds. The molecule has 1 unspecified atom stereocenters. The summed E-state index contributed by atoms with van der Waals surface area (Å²) in [7, 11) is 0. The lowest BCUT2D eigenvalue weighted by atomic mass is 9.96. The van der Waals surface area contributed by atoms with Crippen molar-refractivity contribution >= 4 is 0 Å². The van der Waals surface area contributed by atoms with E-state index in [-0.39, 0.29) is 0 Å². The van der Waals surface area contributed by atoms with Gasteiger partial charge in [-0.2, -0.15) is 0 Å². The SMILES string of the molecule is CC1CCC/C=C\CCCCCCCC1. The Bertz CT molecular complexity index is 157. The number of allylic oxidation sites excluding steroid dienone is 2. The first-order valence-corrected chi connectivity index (χ1v) is 7.04. The van der Waals surface area contributed by atoms with Gasteiger partial charge in [0.25, 0.3) is 0 Å². The number of hydrogen-bond acceptors (Lipinski definition) is 0. The van der Waals surface area contributed by atoms with E-state index >= 15 is 0 Å². The molecular formula is C15H28. The van der Waals surface area contributed by atoms with Crippen LogP contribution in [-0.2, 0) is 0 Å². The molecule has 0 radical (unpaired) electrons. The van der Waals surface area contributed by atoms with Crippen LogP contribution in [0.25, 0.3) is 0 Å². The Kier molecular flexibility index (Phi) is 7.69. The molecule has 0 aliphatic heterocycles. The van der Waals surface area contributed by atoms with Gasteiger partial charge in [-0.1, -0.05) is 64.0 Å².